The number of Topliss-reactive ketones (excluding diaryl/α,β-unsaturated/α-hetero) is 1. The minimum absolute atomic E-state index is 0.000660. The van der Waals surface area contributed by atoms with Crippen molar-refractivity contribution in [3.05, 3.63) is 35.7 Å². The van der Waals surface area contributed by atoms with Crippen molar-refractivity contribution in [3.63, 3.8) is 0 Å². The molecule has 1 aromatic rings. The molecule has 0 aliphatic heterocycles. The molecular formula is C12H16N2O. The van der Waals surface area contributed by atoms with E-state index >= 15 is 0 Å². The van der Waals surface area contributed by atoms with Gasteiger partial charge in [0, 0.05) is 13.1 Å². The Kier molecular flexibility index (Phi) is 4.71. The number of hydrogen-bond acceptors (Lipinski definition) is 3. The predicted octanol–water partition coefficient (Wildman–Crippen LogP) is 1.91. The third-order valence-electron chi connectivity index (χ3n) is 2.02. The largest absolute Gasteiger partial charge is 0.319 e. The van der Waals surface area contributed by atoms with Gasteiger partial charge < -0.3 is 5.32 Å². The van der Waals surface area contributed by atoms with Gasteiger partial charge in [0.05, 0.1) is 0 Å². The van der Waals surface area contributed by atoms with Crippen molar-refractivity contribution >= 4 is 11.9 Å². The lowest BCUT2D eigenvalue weighted by molar-refractivity contribution is 0.101. The van der Waals surface area contributed by atoms with Crippen LogP contribution in [-0.4, -0.2) is 24.4 Å². The fraction of sp³-hybridized carbons (Fsp3) is 0.333. The first-order valence-electron chi connectivity index (χ1n) is 5.02. The lowest BCUT2D eigenvalue weighted by atomic mass is 10.2. The second kappa shape index (κ2) is 6.09. The summed E-state index contributed by atoms with van der Waals surface area (Å²) in [5.74, 6) is 0.000660. The Morgan fingerprint density at radius 2 is 2.33 bits per heavy atom. The van der Waals surface area contributed by atoms with Crippen molar-refractivity contribution in [1.29, 1.82) is 0 Å². The van der Waals surface area contributed by atoms with Crippen LogP contribution in [0, 0.1) is 0 Å². The van der Waals surface area contributed by atoms with Crippen molar-refractivity contribution in [2.45, 2.75) is 13.3 Å². The van der Waals surface area contributed by atoms with Crippen LogP contribution in [-0.2, 0) is 0 Å². The summed E-state index contributed by atoms with van der Waals surface area (Å²) in [6.45, 7) is 2.49. The SMILES string of the molecule is CNCCC=Cc1ccc(C(C)=O)nc1. The number of carbonyl (C=O) groups excluding carboxylic acids is 1. The first-order valence-corrected chi connectivity index (χ1v) is 5.02. The van der Waals surface area contributed by atoms with E-state index in [0.717, 1.165) is 18.5 Å². The number of aromatic nitrogens is 1. The van der Waals surface area contributed by atoms with E-state index in [2.05, 4.69) is 16.4 Å². The minimum Gasteiger partial charge on any atom is -0.319 e. The molecule has 1 heterocycles. The third kappa shape index (κ3) is 4.04. The normalized spacial score (nSPS) is 10.8. The molecule has 0 atom stereocenters. The Morgan fingerprint density at radius 3 is 2.87 bits per heavy atom. The Balaban J connectivity index is 2.56. The van der Waals surface area contributed by atoms with Crippen LogP contribution < -0.4 is 5.32 Å². The molecule has 3 heteroatoms. The van der Waals surface area contributed by atoms with Gasteiger partial charge in [-0.3, -0.25) is 9.78 Å². The summed E-state index contributed by atoms with van der Waals surface area (Å²) in [6, 6.07) is 3.65. The lowest BCUT2D eigenvalue weighted by Crippen LogP contribution is -2.05. The number of ketones is 1. The molecule has 1 aromatic heterocycles. The molecule has 0 unspecified atom stereocenters. The molecule has 0 saturated heterocycles. The quantitative estimate of drug-likeness (QED) is 0.588. The molecule has 0 fully saturated rings. The Bertz CT molecular complexity index is 341. The van der Waals surface area contributed by atoms with Crippen molar-refractivity contribution in [2.75, 3.05) is 13.6 Å². The molecule has 0 aromatic carbocycles. The van der Waals surface area contributed by atoms with E-state index in [-0.39, 0.29) is 5.78 Å². The van der Waals surface area contributed by atoms with Crippen molar-refractivity contribution in [1.82, 2.24) is 10.3 Å². The number of nitrogens with one attached hydrogen (secondary N) is 1. The number of carbonyl (C=O) groups is 1. The first kappa shape index (κ1) is 11.6. The summed E-state index contributed by atoms with van der Waals surface area (Å²) in [4.78, 5) is 15.0. The highest BCUT2D eigenvalue weighted by Gasteiger charge is 1.98. The molecular weight excluding hydrogens is 188 g/mol. The average Bonchev–Trinajstić information content (AvgIpc) is 2.25. The standard InChI is InChI=1S/C12H16N2O/c1-10(15)12-7-6-11(9-14-12)5-3-4-8-13-2/h3,5-7,9,13H,4,8H2,1-2H3. The van der Waals surface area contributed by atoms with Gasteiger partial charge in [-0.15, -0.1) is 0 Å². The summed E-state index contributed by atoms with van der Waals surface area (Å²) in [6.07, 6.45) is 6.80. The molecule has 1 N–H and O–H groups in total. The van der Waals surface area contributed by atoms with Crippen LogP contribution in [0.3, 0.4) is 0 Å². The number of hydrogen-bond donors (Lipinski definition) is 1. The van der Waals surface area contributed by atoms with Gasteiger partial charge in [-0.05, 0) is 31.6 Å². The van der Waals surface area contributed by atoms with Gasteiger partial charge in [0.25, 0.3) is 0 Å². The van der Waals surface area contributed by atoms with E-state index in [1.165, 1.54) is 6.92 Å². The highest BCUT2D eigenvalue weighted by Crippen LogP contribution is 2.03. The van der Waals surface area contributed by atoms with E-state index < -0.39 is 0 Å². The van der Waals surface area contributed by atoms with E-state index in [0.29, 0.717) is 5.69 Å². The van der Waals surface area contributed by atoms with Gasteiger partial charge in [-0.1, -0.05) is 18.2 Å². The Labute approximate surface area is 90.2 Å². The van der Waals surface area contributed by atoms with Crippen LogP contribution in [0.4, 0.5) is 0 Å². The molecule has 0 aliphatic rings. The van der Waals surface area contributed by atoms with Crippen molar-refractivity contribution < 1.29 is 4.79 Å². The monoisotopic (exact) mass is 204 g/mol. The molecule has 0 radical (unpaired) electrons. The van der Waals surface area contributed by atoms with Gasteiger partial charge in [-0.2, -0.15) is 0 Å². The molecule has 15 heavy (non-hydrogen) atoms. The lowest BCUT2D eigenvalue weighted by Gasteiger charge is -1.96. The van der Waals surface area contributed by atoms with Crippen LogP contribution in [0.15, 0.2) is 24.4 Å². The summed E-state index contributed by atoms with van der Waals surface area (Å²) < 4.78 is 0. The zero-order chi connectivity index (χ0) is 11.1. The van der Waals surface area contributed by atoms with Gasteiger partial charge in [0.15, 0.2) is 5.78 Å². The van der Waals surface area contributed by atoms with Gasteiger partial charge in [-0.25, -0.2) is 0 Å². The summed E-state index contributed by atoms with van der Waals surface area (Å²) >= 11 is 0. The maximum atomic E-state index is 11.0. The fourth-order valence-corrected chi connectivity index (χ4v) is 1.16. The summed E-state index contributed by atoms with van der Waals surface area (Å²) in [7, 11) is 1.93. The molecule has 0 bridgehead atoms. The first-order chi connectivity index (χ1) is 7.24. The minimum atomic E-state index is 0.000660. The number of rotatable bonds is 5. The molecule has 0 amide bonds. The van der Waals surface area contributed by atoms with E-state index in [9.17, 15) is 4.79 Å². The van der Waals surface area contributed by atoms with E-state index in [1.807, 2.05) is 19.2 Å². The summed E-state index contributed by atoms with van der Waals surface area (Å²) in [5, 5.41) is 3.07. The molecule has 0 saturated carbocycles. The Hall–Kier alpha value is -1.48. The molecule has 0 spiro atoms. The molecule has 3 nitrogen and oxygen atoms in total. The maximum absolute atomic E-state index is 11.0. The van der Waals surface area contributed by atoms with Crippen LogP contribution >= 0.6 is 0 Å². The van der Waals surface area contributed by atoms with Crippen LogP contribution in [0.5, 0.6) is 0 Å². The molecule has 0 aliphatic carbocycles. The molecule has 80 valence electrons. The van der Waals surface area contributed by atoms with Crippen LogP contribution in [0.25, 0.3) is 6.08 Å². The molecule has 1 rings (SSSR count). The zero-order valence-corrected chi connectivity index (χ0v) is 9.16. The third-order valence-corrected chi connectivity index (χ3v) is 2.02. The second-order valence-electron chi connectivity index (χ2n) is 3.33. The van der Waals surface area contributed by atoms with Crippen molar-refractivity contribution in [2.24, 2.45) is 0 Å². The second-order valence-corrected chi connectivity index (χ2v) is 3.33. The van der Waals surface area contributed by atoms with Crippen molar-refractivity contribution in [3.8, 4) is 0 Å². The van der Waals surface area contributed by atoms with Crippen LogP contribution in [0.2, 0.25) is 0 Å². The fourth-order valence-electron chi connectivity index (χ4n) is 1.16. The number of nitrogens with zero attached hydrogens (tertiary/aromatic N) is 1. The van der Waals surface area contributed by atoms with Crippen LogP contribution in [0.1, 0.15) is 29.4 Å². The van der Waals surface area contributed by atoms with Gasteiger partial charge in [0.2, 0.25) is 0 Å². The smallest absolute Gasteiger partial charge is 0.178 e. The zero-order valence-electron chi connectivity index (χ0n) is 9.16. The Morgan fingerprint density at radius 1 is 1.53 bits per heavy atom. The maximum Gasteiger partial charge on any atom is 0.178 e. The van der Waals surface area contributed by atoms with E-state index in [4.69, 9.17) is 0 Å². The van der Waals surface area contributed by atoms with Gasteiger partial charge >= 0.3 is 0 Å². The predicted molar refractivity (Wildman–Crippen MR) is 61.8 cm³/mol. The van der Waals surface area contributed by atoms with E-state index in [1.54, 1.807) is 12.3 Å². The summed E-state index contributed by atoms with van der Waals surface area (Å²) in [5.41, 5.74) is 1.54. The van der Waals surface area contributed by atoms with Gasteiger partial charge in [0.1, 0.15) is 5.69 Å². The average molecular weight is 204 g/mol. The topological polar surface area (TPSA) is 42.0 Å². The highest BCUT2D eigenvalue weighted by molar-refractivity contribution is 5.92. The number of pyridine rings is 1. The highest BCUT2D eigenvalue weighted by atomic mass is 16.1.